The molecule has 0 saturated heterocycles. The van der Waals surface area contributed by atoms with E-state index in [1.54, 1.807) is 0 Å². The van der Waals surface area contributed by atoms with Crippen LogP contribution in [0.15, 0.2) is 0 Å². The van der Waals surface area contributed by atoms with Gasteiger partial charge in [-0.1, -0.05) is 31.4 Å². The van der Waals surface area contributed by atoms with E-state index in [4.69, 9.17) is 11.6 Å². The fourth-order valence-corrected chi connectivity index (χ4v) is 2.68. The summed E-state index contributed by atoms with van der Waals surface area (Å²) in [5.41, 5.74) is 2.12. The molecule has 0 amide bonds. The summed E-state index contributed by atoms with van der Waals surface area (Å²) in [5.74, 6) is 2.47. The zero-order valence-corrected chi connectivity index (χ0v) is 11.5. The molecule has 94 valence electrons. The fraction of sp³-hybridized carbons (Fsp3) is 0.692. The molecule has 2 unspecified atom stereocenters. The lowest BCUT2D eigenvalue weighted by Gasteiger charge is -2.17. The fourth-order valence-electron chi connectivity index (χ4n) is 2.50. The minimum Gasteiger partial charge on any atom is -0.368 e. The lowest BCUT2D eigenvalue weighted by molar-refractivity contribution is 0.439. The van der Waals surface area contributed by atoms with Crippen LogP contribution in [0, 0.1) is 25.7 Å². The van der Waals surface area contributed by atoms with Gasteiger partial charge < -0.3 is 5.32 Å². The maximum absolute atomic E-state index is 5.93. The molecule has 4 heteroatoms. The number of halogens is 1. The Morgan fingerprint density at radius 1 is 1.24 bits per heavy atom. The van der Waals surface area contributed by atoms with Crippen molar-refractivity contribution in [1.29, 1.82) is 0 Å². The molecule has 1 heterocycles. The number of nitrogens with one attached hydrogen (secondary N) is 1. The van der Waals surface area contributed by atoms with Gasteiger partial charge >= 0.3 is 0 Å². The highest BCUT2D eigenvalue weighted by atomic mass is 35.5. The Balaban J connectivity index is 2.02. The minimum absolute atomic E-state index is 0.502. The van der Waals surface area contributed by atoms with Crippen molar-refractivity contribution in [2.24, 2.45) is 11.8 Å². The largest absolute Gasteiger partial charge is 0.368 e. The van der Waals surface area contributed by atoms with E-state index in [0.29, 0.717) is 5.15 Å². The van der Waals surface area contributed by atoms with Gasteiger partial charge in [0.1, 0.15) is 0 Å². The van der Waals surface area contributed by atoms with Gasteiger partial charge in [0.25, 0.3) is 0 Å². The average molecular weight is 254 g/mol. The standard InChI is InChI=1S/C13H20ClN3/c1-8-5-4-6-11(8)7-15-13-10(3)9(2)12(14)16-17-13/h8,11H,4-7H2,1-3H3,(H,15,17). The molecule has 1 N–H and O–H groups in total. The normalized spacial score (nSPS) is 24.0. The van der Waals surface area contributed by atoms with Crippen molar-refractivity contribution in [1.82, 2.24) is 10.2 Å². The van der Waals surface area contributed by atoms with Crippen LogP contribution in [-0.2, 0) is 0 Å². The third kappa shape index (κ3) is 2.71. The summed E-state index contributed by atoms with van der Waals surface area (Å²) in [5, 5.41) is 12.0. The molecule has 0 radical (unpaired) electrons. The Hall–Kier alpha value is -0.830. The van der Waals surface area contributed by atoms with Crippen LogP contribution in [0.5, 0.6) is 0 Å². The van der Waals surface area contributed by atoms with E-state index in [-0.39, 0.29) is 0 Å². The minimum atomic E-state index is 0.502. The highest BCUT2D eigenvalue weighted by Gasteiger charge is 2.23. The summed E-state index contributed by atoms with van der Waals surface area (Å²) >= 11 is 5.93. The molecule has 1 aliphatic rings. The summed E-state index contributed by atoms with van der Waals surface area (Å²) < 4.78 is 0. The van der Waals surface area contributed by atoms with Crippen LogP contribution in [0.4, 0.5) is 5.82 Å². The first kappa shape index (κ1) is 12.6. The topological polar surface area (TPSA) is 37.8 Å². The van der Waals surface area contributed by atoms with E-state index in [9.17, 15) is 0 Å². The third-order valence-corrected chi connectivity index (χ3v) is 4.39. The summed E-state index contributed by atoms with van der Waals surface area (Å²) in [7, 11) is 0. The van der Waals surface area contributed by atoms with E-state index in [0.717, 1.165) is 35.3 Å². The van der Waals surface area contributed by atoms with Gasteiger partial charge in [-0.2, -0.15) is 0 Å². The van der Waals surface area contributed by atoms with E-state index < -0.39 is 0 Å². The summed E-state index contributed by atoms with van der Waals surface area (Å²) in [6.45, 7) is 7.36. The highest BCUT2D eigenvalue weighted by Crippen LogP contribution is 2.31. The van der Waals surface area contributed by atoms with Crippen molar-refractivity contribution in [3.63, 3.8) is 0 Å². The Morgan fingerprint density at radius 2 is 2.00 bits per heavy atom. The first-order valence-corrected chi connectivity index (χ1v) is 6.70. The van der Waals surface area contributed by atoms with Crippen molar-refractivity contribution in [2.75, 3.05) is 11.9 Å². The van der Waals surface area contributed by atoms with Gasteiger partial charge in [0.05, 0.1) is 0 Å². The average Bonchev–Trinajstić information content (AvgIpc) is 2.71. The van der Waals surface area contributed by atoms with Gasteiger partial charge in [0, 0.05) is 6.54 Å². The maximum Gasteiger partial charge on any atom is 0.155 e. The zero-order valence-electron chi connectivity index (χ0n) is 10.8. The maximum atomic E-state index is 5.93. The molecule has 1 aromatic heterocycles. The Labute approximate surface area is 108 Å². The zero-order chi connectivity index (χ0) is 12.4. The van der Waals surface area contributed by atoms with Crippen molar-refractivity contribution in [2.45, 2.75) is 40.0 Å². The lowest BCUT2D eigenvalue weighted by atomic mass is 9.98. The Kier molecular flexibility index (Phi) is 3.87. The summed E-state index contributed by atoms with van der Waals surface area (Å²) in [6, 6.07) is 0. The summed E-state index contributed by atoms with van der Waals surface area (Å²) in [6.07, 6.45) is 4.04. The van der Waals surface area contributed by atoms with Crippen LogP contribution < -0.4 is 5.32 Å². The third-order valence-electron chi connectivity index (χ3n) is 4.04. The van der Waals surface area contributed by atoms with Crippen molar-refractivity contribution >= 4 is 17.4 Å². The van der Waals surface area contributed by atoms with Crippen LogP contribution in [0.1, 0.15) is 37.3 Å². The van der Waals surface area contributed by atoms with Crippen molar-refractivity contribution in [3.8, 4) is 0 Å². The molecule has 2 atom stereocenters. The van der Waals surface area contributed by atoms with Gasteiger partial charge in [0.2, 0.25) is 0 Å². The van der Waals surface area contributed by atoms with Gasteiger partial charge in [-0.05, 0) is 43.2 Å². The number of hydrogen-bond donors (Lipinski definition) is 1. The Bertz CT molecular complexity index is 406. The Morgan fingerprint density at radius 3 is 2.65 bits per heavy atom. The molecule has 1 aliphatic carbocycles. The molecule has 1 aromatic rings. The molecule has 3 nitrogen and oxygen atoms in total. The number of aromatic nitrogens is 2. The van der Waals surface area contributed by atoms with E-state index in [1.165, 1.54) is 19.3 Å². The van der Waals surface area contributed by atoms with E-state index in [2.05, 4.69) is 22.4 Å². The van der Waals surface area contributed by atoms with E-state index >= 15 is 0 Å². The monoisotopic (exact) mass is 253 g/mol. The first-order chi connectivity index (χ1) is 8.09. The second-order valence-corrected chi connectivity index (χ2v) is 5.50. The van der Waals surface area contributed by atoms with Crippen molar-refractivity contribution < 1.29 is 0 Å². The molecule has 1 saturated carbocycles. The number of rotatable bonds is 3. The number of anilines is 1. The molecule has 17 heavy (non-hydrogen) atoms. The van der Waals surface area contributed by atoms with Crippen LogP contribution in [-0.4, -0.2) is 16.7 Å². The molecule has 0 spiro atoms. The van der Waals surface area contributed by atoms with Crippen molar-refractivity contribution in [3.05, 3.63) is 16.3 Å². The highest BCUT2D eigenvalue weighted by molar-refractivity contribution is 6.30. The van der Waals surface area contributed by atoms with Crippen LogP contribution in [0.3, 0.4) is 0 Å². The summed E-state index contributed by atoms with van der Waals surface area (Å²) in [4.78, 5) is 0. The van der Waals surface area contributed by atoms with Crippen LogP contribution in [0.25, 0.3) is 0 Å². The smallest absolute Gasteiger partial charge is 0.155 e. The second kappa shape index (κ2) is 5.21. The molecule has 0 aliphatic heterocycles. The van der Waals surface area contributed by atoms with Gasteiger partial charge in [0.15, 0.2) is 11.0 Å². The van der Waals surface area contributed by atoms with E-state index in [1.807, 2.05) is 13.8 Å². The quantitative estimate of drug-likeness (QED) is 0.895. The second-order valence-electron chi connectivity index (χ2n) is 5.14. The SMILES string of the molecule is Cc1c(Cl)nnc(NCC2CCCC2C)c1C. The molecule has 0 aromatic carbocycles. The predicted octanol–water partition coefficient (Wildman–Crippen LogP) is 3.59. The van der Waals surface area contributed by atoms with Gasteiger partial charge in [-0.3, -0.25) is 0 Å². The number of hydrogen-bond acceptors (Lipinski definition) is 3. The van der Waals surface area contributed by atoms with Gasteiger partial charge in [-0.25, -0.2) is 0 Å². The van der Waals surface area contributed by atoms with Crippen LogP contribution >= 0.6 is 11.6 Å². The number of nitrogens with zero attached hydrogens (tertiary/aromatic N) is 2. The molecular weight excluding hydrogens is 234 g/mol. The predicted molar refractivity (Wildman–Crippen MR) is 71.5 cm³/mol. The molecule has 2 rings (SSSR count). The lowest BCUT2D eigenvalue weighted by Crippen LogP contribution is -2.18. The molecule has 0 bridgehead atoms. The molecular formula is C13H20ClN3. The first-order valence-electron chi connectivity index (χ1n) is 6.33. The van der Waals surface area contributed by atoms with Crippen LogP contribution in [0.2, 0.25) is 5.15 Å². The van der Waals surface area contributed by atoms with Gasteiger partial charge in [-0.15, -0.1) is 10.2 Å². The molecule has 1 fully saturated rings.